The van der Waals surface area contributed by atoms with E-state index in [1.54, 1.807) is 48.8 Å². The molecule has 6 nitrogen and oxygen atoms in total. The number of nitriles is 1. The highest BCUT2D eigenvalue weighted by molar-refractivity contribution is 5.83. The zero-order valence-electron chi connectivity index (χ0n) is 11.7. The molecular formula is C17H8N4O2. The molecule has 2 aromatic rings. The molecule has 0 atom stereocenters. The molecule has 2 aliphatic rings. The first-order valence-electron chi connectivity index (χ1n) is 6.82. The minimum atomic E-state index is -0.279. The Labute approximate surface area is 129 Å². The third-order valence-corrected chi connectivity index (χ3v) is 3.56. The van der Waals surface area contributed by atoms with E-state index < -0.39 is 0 Å². The third-order valence-electron chi connectivity index (χ3n) is 3.56. The van der Waals surface area contributed by atoms with E-state index >= 15 is 0 Å². The lowest BCUT2D eigenvalue weighted by atomic mass is 10.2. The molecule has 0 saturated heterocycles. The molecule has 0 saturated carbocycles. The lowest BCUT2D eigenvalue weighted by molar-refractivity contribution is 0.527. The summed E-state index contributed by atoms with van der Waals surface area (Å²) in [6, 6.07) is 12.5. The van der Waals surface area contributed by atoms with Gasteiger partial charge in [-0.3, -0.25) is 9.78 Å². The fraction of sp³-hybridized carbons (Fsp3) is 0. The van der Waals surface area contributed by atoms with Crippen LogP contribution >= 0.6 is 0 Å². The van der Waals surface area contributed by atoms with E-state index in [1.165, 1.54) is 0 Å². The van der Waals surface area contributed by atoms with Crippen molar-refractivity contribution in [1.82, 2.24) is 15.2 Å². The van der Waals surface area contributed by atoms with Crippen molar-refractivity contribution in [3.05, 3.63) is 75.3 Å². The molecule has 0 amide bonds. The molecule has 6 heteroatoms. The molecular weight excluding hydrogens is 292 g/mol. The van der Waals surface area contributed by atoms with Gasteiger partial charge in [-0.15, -0.1) is 10.2 Å². The maximum Gasteiger partial charge on any atom is 0.247 e. The summed E-state index contributed by atoms with van der Waals surface area (Å²) in [7, 11) is 0. The summed E-state index contributed by atoms with van der Waals surface area (Å²) >= 11 is 0. The van der Waals surface area contributed by atoms with E-state index in [4.69, 9.17) is 4.42 Å². The van der Waals surface area contributed by atoms with Crippen LogP contribution in [0.1, 0.15) is 5.69 Å². The molecule has 4 rings (SSSR count). The Morgan fingerprint density at radius 1 is 1.04 bits per heavy atom. The van der Waals surface area contributed by atoms with E-state index in [1.807, 2.05) is 6.07 Å². The van der Waals surface area contributed by atoms with Gasteiger partial charge < -0.3 is 4.42 Å². The van der Waals surface area contributed by atoms with E-state index in [0.29, 0.717) is 21.8 Å². The smallest absolute Gasteiger partial charge is 0.247 e. The molecule has 1 aliphatic heterocycles. The highest BCUT2D eigenvalue weighted by atomic mass is 16.3. The van der Waals surface area contributed by atoms with Crippen LogP contribution in [0.25, 0.3) is 22.2 Å². The molecule has 1 aromatic carbocycles. The van der Waals surface area contributed by atoms with Crippen molar-refractivity contribution in [2.45, 2.75) is 0 Å². The largest absolute Gasteiger partial charge is 0.435 e. The van der Waals surface area contributed by atoms with Crippen LogP contribution in [0.15, 0.2) is 58.0 Å². The summed E-state index contributed by atoms with van der Waals surface area (Å²) in [6.45, 7) is 0. The zero-order chi connectivity index (χ0) is 15.8. The molecule has 0 radical (unpaired) electrons. The van der Waals surface area contributed by atoms with Crippen LogP contribution in [0, 0.1) is 22.0 Å². The fourth-order valence-corrected chi connectivity index (χ4v) is 2.52. The minimum Gasteiger partial charge on any atom is -0.435 e. The fourth-order valence-electron chi connectivity index (χ4n) is 2.52. The molecule has 1 aromatic heterocycles. The van der Waals surface area contributed by atoms with Crippen molar-refractivity contribution in [2.24, 2.45) is 0 Å². The van der Waals surface area contributed by atoms with Gasteiger partial charge in [0.15, 0.2) is 11.1 Å². The average Bonchev–Trinajstić information content (AvgIpc) is 2.77. The maximum absolute atomic E-state index is 12.6. The lowest BCUT2D eigenvalue weighted by Crippen LogP contribution is -1.99. The first-order valence-corrected chi connectivity index (χ1v) is 6.82. The molecule has 0 unspecified atom stereocenters. The second-order valence-corrected chi connectivity index (χ2v) is 4.89. The van der Waals surface area contributed by atoms with Gasteiger partial charge in [0.2, 0.25) is 11.3 Å². The van der Waals surface area contributed by atoms with Crippen molar-refractivity contribution < 1.29 is 4.42 Å². The summed E-state index contributed by atoms with van der Waals surface area (Å²) < 4.78 is 5.85. The number of rotatable bonds is 1. The highest BCUT2D eigenvalue weighted by Gasteiger charge is 2.14. The Morgan fingerprint density at radius 2 is 1.87 bits per heavy atom. The van der Waals surface area contributed by atoms with Crippen LogP contribution in [0.4, 0.5) is 0 Å². The molecule has 0 bridgehead atoms. The Kier molecular flexibility index (Phi) is 2.85. The van der Waals surface area contributed by atoms with Crippen molar-refractivity contribution in [3.63, 3.8) is 0 Å². The monoisotopic (exact) mass is 300 g/mol. The number of aromatic nitrogens is 3. The Morgan fingerprint density at radius 3 is 2.61 bits per heavy atom. The van der Waals surface area contributed by atoms with Crippen molar-refractivity contribution in [1.29, 1.82) is 5.26 Å². The lowest BCUT2D eigenvalue weighted by Gasteiger charge is -1.94. The van der Waals surface area contributed by atoms with Crippen molar-refractivity contribution in [2.75, 3.05) is 0 Å². The standard InChI is InChI=1S/C17H8N4O2/c18-8-13-14-15(22)11-5-1-2-6-12(11)16(14)23-17(21-20-13)10-4-3-7-19-9-10/h1-7,9H. The predicted molar refractivity (Wildman–Crippen MR) is 81.3 cm³/mol. The molecule has 0 N–H and O–H groups in total. The van der Waals surface area contributed by atoms with E-state index in [2.05, 4.69) is 15.2 Å². The molecule has 0 fully saturated rings. The molecule has 23 heavy (non-hydrogen) atoms. The number of nitrogens with zero attached hydrogens (tertiary/aromatic N) is 4. The minimum absolute atomic E-state index is 0.0555. The zero-order valence-corrected chi connectivity index (χ0v) is 11.7. The summed E-state index contributed by atoms with van der Waals surface area (Å²) in [5, 5.41) is 18.4. The predicted octanol–water partition coefficient (Wildman–Crippen LogP) is 2.24. The Balaban J connectivity index is 2.25. The number of pyridine rings is 1. The van der Waals surface area contributed by atoms with Crippen LogP contribution in [0.5, 0.6) is 0 Å². The second kappa shape index (κ2) is 5.00. The summed E-state index contributed by atoms with van der Waals surface area (Å²) in [4.78, 5) is 16.6. The van der Waals surface area contributed by atoms with E-state index in [-0.39, 0.29) is 22.2 Å². The molecule has 2 heterocycles. The van der Waals surface area contributed by atoms with Crippen LogP contribution < -0.4 is 5.43 Å². The van der Waals surface area contributed by atoms with Crippen molar-refractivity contribution >= 4 is 10.8 Å². The first kappa shape index (κ1) is 13.1. The van der Waals surface area contributed by atoms with Gasteiger partial charge in [0, 0.05) is 23.2 Å². The van der Waals surface area contributed by atoms with Gasteiger partial charge in [-0.05, 0) is 12.1 Å². The second-order valence-electron chi connectivity index (χ2n) is 4.89. The highest BCUT2D eigenvalue weighted by Crippen LogP contribution is 2.20. The van der Waals surface area contributed by atoms with Gasteiger partial charge in [-0.1, -0.05) is 24.3 Å². The average molecular weight is 300 g/mol. The maximum atomic E-state index is 12.6. The van der Waals surface area contributed by atoms with Crippen LogP contribution in [-0.2, 0) is 0 Å². The topological polar surface area (TPSA) is 92.7 Å². The SMILES string of the molecule is N#Cc1nnc(-c2cccnc2)oc2c3ccccc3c(=O)c1=2. The van der Waals surface area contributed by atoms with Gasteiger partial charge in [0.1, 0.15) is 11.3 Å². The summed E-state index contributed by atoms with van der Waals surface area (Å²) in [5.41, 5.74) is 0.587. The van der Waals surface area contributed by atoms with E-state index in [9.17, 15) is 10.1 Å². The van der Waals surface area contributed by atoms with Crippen molar-refractivity contribution in [3.8, 4) is 17.5 Å². The number of benzene rings is 1. The number of fused-ring (bicyclic) bond motifs is 2. The van der Waals surface area contributed by atoms with Gasteiger partial charge in [0.05, 0.1) is 5.56 Å². The van der Waals surface area contributed by atoms with Gasteiger partial charge in [-0.25, -0.2) is 0 Å². The van der Waals surface area contributed by atoms with Gasteiger partial charge in [0.25, 0.3) is 0 Å². The quantitative estimate of drug-likeness (QED) is 0.535. The summed E-state index contributed by atoms with van der Waals surface area (Å²) in [6.07, 6.45) is 3.21. The summed E-state index contributed by atoms with van der Waals surface area (Å²) in [5.74, 6) is 0.195. The van der Waals surface area contributed by atoms with Crippen LogP contribution in [0.3, 0.4) is 0 Å². The van der Waals surface area contributed by atoms with E-state index in [0.717, 1.165) is 0 Å². The Bertz CT molecular complexity index is 1190. The normalized spacial score (nSPS) is 10.7. The Hall–Kier alpha value is -3.59. The third kappa shape index (κ3) is 1.95. The number of hydrogen-bond acceptors (Lipinski definition) is 6. The first-order chi connectivity index (χ1) is 11.3. The molecule has 108 valence electrons. The van der Waals surface area contributed by atoms with Gasteiger partial charge in [-0.2, -0.15) is 5.26 Å². The van der Waals surface area contributed by atoms with Crippen LogP contribution in [0.2, 0.25) is 0 Å². The van der Waals surface area contributed by atoms with Crippen LogP contribution in [-0.4, -0.2) is 15.2 Å². The molecule has 0 spiro atoms. The number of hydrogen-bond donors (Lipinski definition) is 0. The molecule has 1 aliphatic carbocycles. The van der Waals surface area contributed by atoms with Gasteiger partial charge >= 0.3 is 0 Å².